The molecule has 150 valence electrons. The Morgan fingerprint density at radius 2 is 1.86 bits per heavy atom. The number of nitrogens with one attached hydrogen (secondary N) is 1. The van der Waals surface area contributed by atoms with Crippen LogP contribution in [0.25, 0.3) is 22.0 Å². The Morgan fingerprint density at radius 1 is 1.03 bits per heavy atom. The van der Waals surface area contributed by atoms with Crippen LogP contribution in [-0.2, 0) is 11.2 Å². The van der Waals surface area contributed by atoms with Gasteiger partial charge in [0.1, 0.15) is 5.78 Å². The summed E-state index contributed by atoms with van der Waals surface area (Å²) in [7, 11) is 0. The second-order valence-electron chi connectivity index (χ2n) is 8.34. The first-order valence-electron chi connectivity index (χ1n) is 10.5. The maximum atomic E-state index is 12.8. The zero-order valence-corrected chi connectivity index (χ0v) is 17.1. The summed E-state index contributed by atoms with van der Waals surface area (Å²) in [5.41, 5.74) is 2.71. The lowest BCUT2D eigenvalue weighted by Crippen LogP contribution is -2.38. The lowest BCUT2D eigenvalue weighted by molar-refractivity contribution is -0.123. The minimum atomic E-state index is 0.170. The largest absolute Gasteiger partial charge is 0.312 e. The maximum absolute atomic E-state index is 12.8. The fraction of sp³-hybridized carbons (Fsp3) is 0.417. The highest BCUT2D eigenvalue weighted by Gasteiger charge is 2.26. The molecule has 0 amide bonds. The minimum absolute atomic E-state index is 0.170. The number of carbonyl (C=O) groups is 1. The van der Waals surface area contributed by atoms with Crippen LogP contribution >= 0.6 is 0 Å². The van der Waals surface area contributed by atoms with Gasteiger partial charge in [0.25, 0.3) is 0 Å². The van der Waals surface area contributed by atoms with Crippen LogP contribution < -0.4 is 5.32 Å². The van der Waals surface area contributed by atoms with E-state index in [0.717, 1.165) is 53.4 Å². The number of Topliss-reactive ketones (excluding diaryl/α,β-unsaturated/α-hetero) is 1. The summed E-state index contributed by atoms with van der Waals surface area (Å²) in [5.74, 6) is 0.494. The third-order valence-corrected chi connectivity index (χ3v) is 5.74. The van der Waals surface area contributed by atoms with E-state index in [1.54, 1.807) is 18.6 Å². The second-order valence-corrected chi connectivity index (χ2v) is 8.34. The molecule has 1 aliphatic carbocycles. The van der Waals surface area contributed by atoms with Crippen molar-refractivity contribution in [2.45, 2.75) is 58.0 Å². The van der Waals surface area contributed by atoms with Gasteiger partial charge < -0.3 is 5.32 Å². The first-order chi connectivity index (χ1) is 14.1. The van der Waals surface area contributed by atoms with Gasteiger partial charge in [0, 0.05) is 59.7 Å². The minimum Gasteiger partial charge on any atom is -0.312 e. The molecule has 4 rings (SSSR count). The molecule has 1 N–H and O–H groups in total. The molecular formula is C24H28N4O. The van der Waals surface area contributed by atoms with E-state index in [2.05, 4.69) is 40.2 Å². The molecule has 0 saturated heterocycles. The van der Waals surface area contributed by atoms with E-state index in [0.29, 0.717) is 24.3 Å². The molecule has 0 radical (unpaired) electrons. The molecule has 2 heterocycles. The van der Waals surface area contributed by atoms with E-state index >= 15 is 0 Å². The van der Waals surface area contributed by atoms with E-state index in [1.165, 1.54) is 0 Å². The highest BCUT2D eigenvalue weighted by molar-refractivity contribution is 5.88. The molecule has 0 spiro atoms. The van der Waals surface area contributed by atoms with E-state index in [9.17, 15) is 4.79 Å². The summed E-state index contributed by atoms with van der Waals surface area (Å²) in [6.45, 7) is 4.36. The van der Waals surface area contributed by atoms with Crippen LogP contribution in [0.2, 0.25) is 0 Å². The lowest BCUT2D eigenvalue weighted by Gasteiger charge is -2.29. The molecule has 29 heavy (non-hydrogen) atoms. The Labute approximate surface area is 172 Å². The number of pyridine rings is 1. The summed E-state index contributed by atoms with van der Waals surface area (Å²) in [4.78, 5) is 25.9. The molecule has 5 nitrogen and oxygen atoms in total. The molecule has 1 aromatic carbocycles. The van der Waals surface area contributed by atoms with Crippen molar-refractivity contribution in [1.82, 2.24) is 20.3 Å². The quantitative estimate of drug-likeness (QED) is 0.679. The molecule has 1 saturated carbocycles. The molecular weight excluding hydrogens is 360 g/mol. The number of hydrogen-bond donors (Lipinski definition) is 1. The third-order valence-electron chi connectivity index (χ3n) is 5.74. The molecule has 0 atom stereocenters. The topological polar surface area (TPSA) is 67.8 Å². The summed E-state index contributed by atoms with van der Waals surface area (Å²) >= 11 is 0. The van der Waals surface area contributed by atoms with Crippen LogP contribution in [0.3, 0.4) is 0 Å². The summed E-state index contributed by atoms with van der Waals surface area (Å²) < 4.78 is 0. The summed E-state index contributed by atoms with van der Waals surface area (Å²) in [6, 6.07) is 9.26. The zero-order valence-electron chi connectivity index (χ0n) is 17.1. The number of hydrogen-bond acceptors (Lipinski definition) is 5. The van der Waals surface area contributed by atoms with Crippen LogP contribution in [0.4, 0.5) is 0 Å². The fourth-order valence-corrected chi connectivity index (χ4v) is 4.27. The molecule has 0 aliphatic heterocycles. The number of carbonyl (C=O) groups excluding carboxylic acids is 1. The average Bonchev–Trinajstić information content (AvgIpc) is 2.74. The van der Waals surface area contributed by atoms with Crippen molar-refractivity contribution in [3.63, 3.8) is 0 Å². The van der Waals surface area contributed by atoms with E-state index in [-0.39, 0.29) is 5.92 Å². The summed E-state index contributed by atoms with van der Waals surface area (Å²) in [6.07, 6.45) is 11.5. The molecule has 1 aliphatic rings. The molecule has 0 bridgehead atoms. The smallest absolute Gasteiger partial charge is 0.141 e. The van der Waals surface area contributed by atoms with Gasteiger partial charge in [-0.1, -0.05) is 26.0 Å². The van der Waals surface area contributed by atoms with Crippen molar-refractivity contribution in [2.75, 3.05) is 0 Å². The Hall–Kier alpha value is -2.66. The van der Waals surface area contributed by atoms with Gasteiger partial charge in [-0.3, -0.25) is 19.7 Å². The van der Waals surface area contributed by atoms with Crippen molar-refractivity contribution >= 4 is 16.6 Å². The molecule has 1 fully saturated rings. The van der Waals surface area contributed by atoms with Crippen molar-refractivity contribution < 1.29 is 4.79 Å². The van der Waals surface area contributed by atoms with E-state index in [4.69, 9.17) is 0 Å². The van der Waals surface area contributed by atoms with Crippen molar-refractivity contribution in [2.24, 2.45) is 5.92 Å². The van der Waals surface area contributed by atoms with Crippen LogP contribution in [0.1, 0.15) is 45.2 Å². The lowest BCUT2D eigenvalue weighted by atomic mass is 9.82. The predicted octanol–water partition coefficient (Wildman–Crippen LogP) is 4.36. The normalized spacial score (nSPS) is 19.6. The van der Waals surface area contributed by atoms with Gasteiger partial charge in [0.15, 0.2) is 0 Å². The van der Waals surface area contributed by atoms with Gasteiger partial charge in [-0.2, -0.15) is 0 Å². The Kier molecular flexibility index (Phi) is 5.95. The number of rotatable bonds is 6. The number of aromatic nitrogens is 3. The highest BCUT2D eigenvalue weighted by Crippen LogP contribution is 2.27. The van der Waals surface area contributed by atoms with Gasteiger partial charge in [-0.05, 0) is 43.2 Å². The third kappa shape index (κ3) is 4.85. The van der Waals surface area contributed by atoms with Gasteiger partial charge in [0.2, 0.25) is 0 Å². The first-order valence-corrected chi connectivity index (χ1v) is 10.5. The van der Waals surface area contributed by atoms with Crippen molar-refractivity contribution in [1.29, 1.82) is 0 Å². The predicted molar refractivity (Wildman–Crippen MR) is 115 cm³/mol. The van der Waals surface area contributed by atoms with Crippen LogP contribution in [-0.4, -0.2) is 32.8 Å². The van der Waals surface area contributed by atoms with Gasteiger partial charge in [0.05, 0.1) is 11.9 Å². The standard InChI is InChI=1S/C24H28N4O/c1-16(2)28-21-7-5-17(6-8-21)24(29)13-22-12-20-11-18(3-4-19(20)14-27-22)23-15-25-9-10-26-23/h3-4,9-12,14-17,21,28H,5-8,13H2,1-2H3. The Morgan fingerprint density at radius 3 is 2.59 bits per heavy atom. The molecule has 5 heteroatoms. The van der Waals surface area contributed by atoms with Gasteiger partial charge in [-0.15, -0.1) is 0 Å². The van der Waals surface area contributed by atoms with E-state index in [1.807, 2.05) is 24.4 Å². The molecule has 3 aromatic rings. The maximum Gasteiger partial charge on any atom is 0.141 e. The second kappa shape index (κ2) is 8.78. The van der Waals surface area contributed by atoms with Crippen LogP contribution in [0, 0.1) is 5.92 Å². The van der Waals surface area contributed by atoms with Crippen LogP contribution in [0.15, 0.2) is 49.1 Å². The zero-order chi connectivity index (χ0) is 20.2. The van der Waals surface area contributed by atoms with E-state index < -0.39 is 0 Å². The highest BCUT2D eigenvalue weighted by atomic mass is 16.1. The Bertz CT molecular complexity index is 979. The fourth-order valence-electron chi connectivity index (χ4n) is 4.27. The monoisotopic (exact) mass is 388 g/mol. The number of fused-ring (bicyclic) bond motifs is 1. The average molecular weight is 389 g/mol. The first kappa shape index (κ1) is 19.6. The van der Waals surface area contributed by atoms with Gasteiger partial charge >= 0.3 is 0 Å². The van der Waals surface area contributed by atoms with Gasteiger partial charge in [-0.25, -0.2) is 0 Å². The Balaban J connectivity index is 1.45. The van der Waals surface area contributed by atoms with Crippen LogP contribution in [0.5, 0.6) is 0 Å². The number of nitrogens with zero attached hydrogens (tertiary/aromatic N) is 3. The number of benzene rings is 1. The van der Waals surface area contributed by atoms with Crippen molar-refractivity contribution in [3.8, 4) is 11.3 Å². The molecule has 2 aromatic heterocycles. The SMILES string of the molecule is CC(C)NC1CCC(C(=O)Cc2cc3cc(-c4cnccn4)ccc3cn2)CC1. The van der Waals surface area contributed by atoms with Crippen molar-refractivity contribution in [3.05, 3.63) is 54.7 Å². The number of ketones is 1. The summed E-state index contributed by atoms with van der Waals surface area (Å²) in [5, 5.41) is 5.74. The molecule has 0 unspecified atom stereocenters.